The molecule has 13 heavy (non-hydrogen) atoms. The first-order valence-electron chi connectivity index (χ1n) is 5.20. The molecule has 0 bridgehead atoms. The highest BCUT2D eigenvalue weighted by molar-refractivity contribution is 5.75. The maximum atomic E-state index is 11.1. The van der Waals surface area contributed by atoms with Crippen LogP contribution in [0, 0.1) is 5.92 Å². The first kappa shape index (κ1) is 10.5. The van der Waals surface area contributed by atoms with E-state index in [2.05, 4.69) is 5.32 Å². The fraction of sp³-hybridized carbons (Fsp3) is 0.900. The van der Waals surface area contributed by atoms with Gasteiger partial charge in [-0.1, -0.05) is 12.8 Å². The van der Waals surface area contributed by atoms with Gasteiger partial charge in [0.05, 0.1) is 0 Å². The minimum atomic E-state index is 0.133. The topological polar surface area (TPSA) is 49.3 Å². The average molecular weight is 185 g/mol. The lowest BCUT2D eigenvalue weighted by atomic mass is 10.2. The van der Waals surface area contributed by atoms with E-state index in [1.165, 1.54) is 12.8 Å². The van der Waals surface area contributed by atoms with Gasteiger partial charge in [0.2, 0.25) is 5.91 Å². The summed E-state index contributed by atoms with van der Waals surface area (Å²) < 4.78 is 0. The van der Waals surface area contributed by atoms with Crippen LogP contribution in [0.2, 0.25) is 0 Å². The number of aliphatic hydroxyl groups is 1. The molecule has 3 heteroatoms. The van der Waals surface area contributed by atoms with Crippen LogP contribution in [0.3, 0.4) is 0 Å². The van der Waals surface area contributed by atoms with Gasteiger partial charge in [-0.05, 0) is 25.2 Å². The number of carbonyl (C=O) groups is 1. The Morgan fingerprint density at radius 1 is 1.38 bits per heavy atom. The number of carbonyl (C=O) groups excluding carboxylic acids is 1. The van der Waals surface area contributed by atoms with Crippen LogP contribution in [0.5, 0.6) is 0 Å². The summed E-state index contributed by atoms with van der Waals surface area (Å²) >= 11 is 0. The number of hydrogen-bond acceptors (Lipinski definition) is 2. The predicted octanol–water partition coefficient (Wildman–Crippen LogP) is 1.07. The Bertz CT molecular complexity index is 155. The molecule has 0 aromatic heterocycles. The lowest BCUT2D eigenvalue weighted by Crippen LogP contribution is -2.24. The SMILES string of the molecule is O=C(CCCCO)NCCC1CC1. The quantitative estimate of drug-likeness (QED) is 0.583. The molecule has 1 aliphatic carbocycles. The third kappa shape index (κ3) is 5.64. The Morgan fingerprint density at radius 3 is 2.77 bits per heavy atom. The van der Waals surface area contributed by atoms with E-state index in [1.54, 1.807) is 0 Å². The van der Waals surface area contributed by atoms with Crippen molar-refractivity contribution in [1.29, 1.82) is 0 Å². The second-order valence-corrected chi connectivity index (χ2v) is 3.76. The minimum Gasteiger partial charge on any atom is -0.396 e. The molecule has 0 aromatic carbocycles. The lowest BCUT2D eigenvalue weighted by Gasteiger charge is -2.03. The number of aliphatic hydroxyl groups excluding tert-OH is 1. The Hall–Kier alpha value is -0.570. The number of amides is 1. The molecule has 1 amide bonds. The average Bonchev–Trinajstić information content (AvgIpc) is 2.89. The van der Waals surface area contributed by atoms with Gasteiger partial charge in [0, 0.05) is 19.6 Å². The zero-order valence-electron chi connectivity index (χ0n) is 8.09. The van der Waals surface area contributed by atoms with Crippen molar-refractivity contribution in [3.8, 4) is 0 Å². The van der Waals surface area contributed by atoms with Crippen LogP contribution in [-0.2, 0) is 4.79 Å². The zero-order chi connectivity index (χ0) is 9.52. The molecular formula is C10H19NO2. The Balaban J connectivity index is 1.84. The van der Waals surface area contributed by atoms with Crippen molar-refractivity contribution in [2.45, 2.75) is 38.5 Å². The van der Waals surface area contributed by atoms with Crippen molar-refractivity contribution in [3.05, 3.63) is 0 Å². The van der Waals surface area contributed by atoms with Gasteiger partial charge in [0.25, 0.3) is 0 Å². The molecule has 1 saturated carbocycles. The Labute approximate surface area is 79.5 Å². The van der Waals surface area contributed by atoms with E-state index in [0.717, 1.165) is 31.7 Å². The van der Waals surface area contributed by atoms with Gasteiger partial charge in [0.15, 0.2) is 0 Å². The van der Waals surface area contributed by atoms with Gasteiger partial charge in [-0.15, -0.1) is 0 Å². The van der Waals surface area contributed by atoms with E-state index in [4.69, 9.17) is 5.11 Å². The molecule has 1 fully saturated rings. The lowest BCUT2D eigenvalue weighted by molar-refractivity contribution is -0.121. The van der Waals surface area contributed by atoms with Crippen LogP contribution < -0.4 is 5.32 Å². The molecule has 76 valence electrons. The van der Waals surface area contributed by atoms with E-state index in [1.807, 2.05) is 0 Å². The molecular weight excluding hydrogens is 166 g/mol. The standard InChI is InChI=1S/C10H19NO2/c12-8-2-1-3-10(13)11-7-6-9-4-5-9/h9,12H,1-8H2,(H,11,13). The summed E-state index contributed by atoms with van der Waals surface area (Å²) in [6.07, 6.45) is 5.93. The van der Waals surface area contributed by atoms with E-state index in [0.29, 0.717) is 6.42 Å². The summed E-state index contributed by atoms with van der Waals surface area (Å²) in [5, 5.41) is 11.4. The highest BCUT2D eigenvalue weighted by Crippen LogP contribution is 2.31. The molecule has 0 spiro atoms. The molecule has 0 saturated heterocycles. The minimum absolute atomic E-state index is 0.133. The van der Waals surface area contributed by atoms with E-state index in [9.17, 15) is 4.79 Å². The Morgan fingerprint density at radius 2 is 2.15 bits per heavy atom. The fourth-order valence-electron chi connectivity index (χ4n) is 1.31. The molecule has 0 aliphatic heterocycles. The second kappa shape index (κ2) is 5.97. The Kier molecular flexibility index (Phi) is 4.83. The summed E-state index contributed by atoms with van der Waals surface area (Å²) in [5.74, 6) is 1.02. The molecule has 0 radical (unpaired) electrons. The number of unbranched alkanes of at least 4 members (excludes halogenated alkanes) is 1. The second-order valence-electron chi connectivity index (χ2n) is 3.76. The van der Waals surface area contributed by atoms with Crippen molar-refractivity contribution in [2.24, 2.45) is 5.92 Å². The van der Waals surface area contributed by atoms with Gasteiger partial charge in [-0.25, -0.2) is 0 Å². The molecule has 1 rings (SSSR count). The summed E-state index contributed by atoms with van der Waals surface area (Å²) in [4.78, 5) is 11.1. The summed E-state index contributed by atoms with van der Waals surface area (Å²) in [5.41, 5.74) is 0. The van der Waals surface area contributed by atoms with E-state index >= 15 is 0 Å². The third-order valence-electron chi connectivity index (χ3n) is 2.38. The molecule has 0 aromatic rings. The highest BCUT2D eigenvalue weighted by Gasteiger charge is 2.20. The fourth-order valence-corrected chi connectivity index (χ4v) is 1.31. The van der Waals surface area contributed by atoms with Gasteiger partial charge in [0.1, 0.15) is 0 Å². The van der Waals surface area contributed by atoms with Crippen molar-refractivity contribution in [1.82, 2.24) is 5.32 Å². The largest absolute Gasteiger partial charge is 0.396 e. The number of rotatable bonds is 7. The van der Waals surface area contributed by atoms with Crippen LogP contribution in [0.4, 0.5) is 0 Å². The van der Waals surface area contributed by atoms with Gasteiger partial charge < -0.3 is 10.4 Å². The van der Waals surface area contributed by atoms with Crippen LogP contribution >= 0.6 is 0 Å². The summed E-state index contributed by atoms with van der Waals surface area (Å²) in [6, 6.07) is 0. The molecule has 1 aliphatic rings. The number of nitrogens with one attached hydrogen (secondary N) is 1. The monoisotopic (exact) mass is 185 g/mol. The van der Waals surface area contributed by atoms with Gasteiger partial charge in [-0.2, -0.15) is 0 Å². The van der Waals surface area contributed by atoms with E-state index in [-0.39, 0.29) is 12.5 Å². The smallest absolute Gasteiger partial charge is 0.219 e. The maximum Gasteiger partial charge on any atom is 0.219 e. The van der Waals surface area contributed by atoms with Crippen molar-refractivity contribution < 1.29 is 9.90 Å². The molecule has 0 heterocycles. The predicted molar refractivity (Wildman–Crippen MR) is 51.3 cm³/mol. The molecule has 3 nitrogen and oxygen atoms in total. The maximum absolute atomic E-state index is 11.1. The van der Waals surface area contributed by atoms with Crippen LogP contribution in [0.25, 0.3) is 0 Å². The van der Waals surface area contributed by atoms with Crippen LogP contribution in [-0.4, -0.2) is 24.2 Å². The summed E-state index contributed by atoms with van der Waals surface area (Å²) in [6.45, 7) is 1.03. The first-order chi connectivity index (χ1) is 6.33. The van der Waals surface area contributed by atoms with Gasteiger partial charge >= 0.3 is 0 Å². The zero-order valence-corrected chi connectivity index (χ0v) is 8.09. The third-order valence-corrected chi connectivity index (χ3v) is 2.38. The molecule has 0 unspecified atom stereocenters. The van der Waals surface area contributed by atoms with Crippen LogP contribution in [0.1, 0.15) is 38.5 Å². The molecule has 0 atom stereocenters. The van der Waals surface area contributed by atoms with Crippen molar-refractivity contribution in [3.63, 3.8) is 0 Å². The van der Waals surface area contributed by atoms with Crippen molar-refractivity contribution >= 4 is 5.91 Å². The normalized spacial score (nSPS) is 15.8. The van der Waals surface area contributed by atoms with E-state index < -0.39 is 0 Å². The first-order valence-corrected chi connectivity index (χ1v) is 5.20. The van der Waals surface area contributed by atoms with Crippen LogP contribution in [0.15, 0.2) is 0 Å². The highest BCUT2D eigenvalue weighted by atomic mass is 16.2. The number of hydrogen-bond donors (Lipinski definition) is 2. The van der Waals surface area contributed by atoms with Crippen molar-refractivity contribution in [2.75, 3.05) is 13.2 Å². The summed E-state index contributed by atoms with van der Waals surface area (Å²) in [7, 11) is 0. The molecule has 2 N–H and O–H groups in total. The van der Waals surface area contributed by atoms with Gasteiger partial charge in [-0.3, -0.25) is 4.79 Å².